The van der Waals surface area contributed by atoms with Crippen molar-refractivity contribution in [3.8, 4) is 0 Å². The van der Waals surface area contributed by atoms with Gasteiger partial charge in [0.05, 0.1) is 6.20 Å². The van der Waals surface area contributed by atoms with E-state index < -0.39 is 17.7 Å². The van der Waals surface area contributed by atoms with Crippen molar-refractivity contribution < 1.29 is 13.9 Å². The molecular formula is C16H19FN4O2S. The molecule has 1 aromatic carbocycles. The number of aromatic nitrogens is 3. The fraction of sp³-hybridized carbons (Fsp3) is 0.375. The van der Waals surface area contributed by atoms with Gasteiger partial charge in [-0.15, -0.1) is 10.2 Å². The SMILES string of the molecule is CSc1ncc(C(NC(=O)OC(C)(C)C)c2ccc(F)cc2)nn1. The number of halogens is 1. The topological polar surface area (TPSA) is 77.0 Å². The van der Waals surface area contributed by atoms with E-state index in [1.807, 2.05) is 6.26 Å². The van der Waals surface area contributed by atoms with E-state index in [9.17, 15) is 9.18 Å². The zero-order valence-electron chi connectivity index (χ0n) is 13.9. The number of carbonyl (C=O) groups excluding carboxylic acids is 1. The largest absolute Gasteiger partial charge is 0.444 e. The molecule has 128 valence electrons. The first-order chi connectivity index (χ1) is 11.3. The highest BCUT2D eigenvalue weighted by molar-refractivity contribution is 7.98. The van der Waals surface area contributed by atoms with Crippen molar-refractivity contribution in [3.63, 3.8) is 0 Å². The van der Waals surface area contributed by atoms with Crippen molar-refractivity contribution >= 4 is 17.9 Å². The Kier molecular flexibility index (Phi) is 5.71. The lowest BCUT2D eigenvalue weighted by molar-refractivity contribution is 0.0511. The number of rotatable bonds is 4. The minimum absolute atomic E-state index is 0.364. The van der Waals surface area contributed by atoms with E-state index in [1.54, 1.807) is 32.9 Å². The zero-order valence-corrected chi connectivity index (χ0v) is 14.7. The van der Waals surface area contributed by atoms with Gasteiger partial charge in [-0.2, -0.15) is 0 Å². The monoisotopic (exact) mass is 350 g/mol. The molecule has 2 aromatic rings. The lowest BCUT2D eigenvalue weighted by atomic mass is 10.0. The minimum Gasteiger partial charge on any atom is -0.444 e. The van der Waals surface area contributed by atoms with Gasteiger partial charge in [-0.3, -0.25) is 0 Å². The molecule has 0 saturated carbocycles. The Hall–Kier alpha value is -2.22. The average molecular weight is 350 g/mol. The Morgan fingerprint density at radius 1 is 1.25 bits per heavy atom. The number of amides is 1. The van der Waals surface area contributed by atoms with Gasteiger partial charge in [-0.1, -0.05) is 23.9 Å². The summed E-state index contributed by atoms with van der Waals surface area (Å²) in [6.45, 7) is 5.32. The summed E-state index contributed by atoms with van der Waals surface area (Å²) in [7, 11) is 0. The van der Waals surface area contributed by atoms with E-state index in [-0.39, 0.29) is 5.82 Å². The molecule has 24 heavy (non-hydrogen) atoms. The summed E-state index contributed by atoms with van der Waals surface area (Å²) in [5, 5.41) is 11.3. The molecule has 1 aromatic heterocycles. The van der Waals surface area contributed by atoms with Gasteiger partial charge >= 0.3 is 6.09 Å². The number of alkyl carbamates (subject to hydrolysis) is 1. The average Bonchev–Trinajstić information content (AvgIpc) is 2.52. The van der Waals surface area contributed by atoms with Crippen LogP contribution in [0.4, 0.5) is 9.18 Å². The van der Waals surface area contributed by atoms with Crippen LogP contribution in [0, 0.1) is 5.82 Å². The minimum atomic E-state index is -0.642. The van der Waals surface area contributed by atoms with Crippen LogP contribution >= 0.6 is 11.8 Å². The van der Waals surface area contributed by atoms with Gasteiger partial charge in [-0.25, -0.2) is 14.2 Å². The molecule has 0 fully saturated rings. The number of ether oxygens (including phenoxy) is 1. The molecule has 0 saturated heterocycles. The smallest absolute Gasteiger partial charge is 0.408 e. The number of benzene rings is 1. The molecule has 1 N–H and O–H groups in total. The van der Waals surface area contributed by atoms with Gasteiger partial charge in [0.2, 0.25) is 5.16 Å². The van der Waals surface area contributed by atoms with E-state index >= 15 is 0 Å². The molecule has 2 rings (SSSR count). The van der Waals surface area contributed by atoms with Crippen LogP contribution in [0.15, 0.2) is 35.6 Å². The first kappa shape index (κ1) is 18.1. The van der Waals surface area contributed by atoms with E-state index in [0.717, 1.165) is 0 Å². The lowest BCUT2D eigenvalue weighted by Gasteiger charge is -2.23. The van der Waals surface area contributed by atoms with Crippen LogP contribution in [0.5, 0.6) is 0 Å². The molecule has 0 aliphatic rings. The van der Waals surface area contributed by atoms with Gasteiger partial charge in [0.25, 0.3) is 0 Å². The maximum atomic E-state index is 13.2. The summed E-state index contributed by atoms with van der Waals surface area (Å²) >= 11 is 1.36. The maximum Gasteiger partial charge on any atom is 0.408 e. The molecule has 0 bridgehead atoms. The number of hydrogen-bond acceptors (Lipinski definition) is 6. The van der Waals surface area contributed by atoms with Crippen LogP contribution in [0.2, 0.25) is 0 Å². The van der Waals surface area contributed by atoms with Crippen LogP contribution < -0.4 is 5.32 Å². The number of nitrogens with zero attached hydrogens (tertiary/aromatic N) is 3. The highest BCUT2D eigenvalue weighted by Crippen LogP contribution is 2.21. The second-order valence-electron chi connectivity index (χ2n) is 6.00. The number of thioether (sulfide) groups is 1. The Morgan fingerprint density at radius 2 is 1.92 bits per heavy atom. The molecular weight excluding hydrogens is 331 g/mol. The van der Waals surface area contributed by atoms with Gasteiger partial charge in [-0.05, 0) is 44.7 Å². The van der Waals surface area contributed by atoms with Crippen molar-refractivity contribution in [2.24, 2.45) is 0 Å². The normalized spacial score (nSPS) is 12.5. The van der Waals surface area contributed by atoms with Crippen molar-refractivity contribution in [1.82, 2.24) is 20.5 Å². The van der Waals surface area contributed by atoms with Crippen molar-refractivity contribution in [1.29, 1.82) is 0 Å². The van der Waals surface area contributed by atoms with Crippen LogP contribution in [0.25, 0.3) is 0 Å². The fourth-order valence-electron chi connectivity index (χ4n) is 1.91. The summed E-state index contributed by atoms with van der Waals surface area (Å²) in [6, 6.07) is 5.13. The molecule has 1 amide bonds. The maximum absolute atomic E-state index is 13.2. The molecule has 0 aliphatic heterocycles. The summed E-state index contributed by atoms with van der Waals surface area (Å²) in [5.74, 6) is -0.364. The standard InChI is InChI=1S/C16H19FN4O2S/c1-16(2,3)23-15(22)19-13(10-5-7-11(17)8-6-10)12-9-18-14(24-4)21-20-12/h5-9,13H,1-4H3,(H,19,22). The quantitative estimate of drug-likeness (QED) is 0.852. The van der Waals surface area contributed by atoms with Crippen molar-refractivity contribution in [2.45, 2.75) is 37.6 Å². The number of hydrogen-bond donors (Lipinski definition) is 1. The molecule has 0 radical (unpaired) electrons. The summed E-state index contributed by atoms with van der Waals surface area (Å²) in [5.41, 5.74) is 0.449. The van der Waals surface area contributed by atoms with Crippen molar-refractivity contribution in [3.05, 3.63) is 47.5 Å². The van der Waals surface area contributed by atoms with E-state index in [1.165, 1.54) is 30.1 Å². The predicted octanol–water partition coefficient (Wildman–Crippen LogP) is 3.35. The number of carbonyl (C=O) groups is 1. The zero-order chi connectivity index (χ0) is 17.7. The molecule has 1 heterocycles. The van der Waals surface area contributed by atoms with E-state index in [4.69, 9.17) is 4.74 Å². The van der Waals surface area contributed by atoms with E-state index in [0.29, 0.717) is 16.4 Å². The molecule has 0 aliphatic carbocycles. The number of nitrogens with one attached hydrogen (secondary N) is 1. The van der Waals surface area contributed by atoms with E-state index in [2.05, 4.69) is 20.5 Å². The molecule has 1 unspecified atom stereocenters. The van der Waals surface area contributed by atoms with Crippen LogP contribution in [0.3, 0.4) is 0 Å². The third-order valence-electron chi connectivity index (χ3n) is 2.90. The summed E-state index contributed by atoms with van der Waals surface area (Å²) in [6.07, 6.45) is 2.77. The molecule has 8 heteroatoms. The summed E-state index contributed by atoms with van der Waals surface area (Å²) in [4.78, 5) is 16.3. The molecule has 6 nitrogen and oxygen atoms in total. The highest BCUT2D eigenvalue weighted by atomic mass is 32.2. The molecule has 0 spiro atoms. The van der Waals surface area contributed by atoms with Crippen LogP contribution in [0.1, 0.15) is 38.1 Å². The highest BCUT2D eigenvalue weighted by Gasteiger charge is 2.23. The summed E-state index contributed by atoms with van der Waals surface area (Å²) < 4.78 is 18.5. The predicted molar refractivity (Wildman–Crippen MR) is 89.2 cm³/mol. The first-order valence-corrected chi connectivity index (χ1v) is 8.49. The van der Waals surface area contributed by atoms with Crippen molar-refractivity contribution in [2.75, 3.05) is 6.26 Å². The van der Waals surface area contributed by atoms with Gasteiger partial charge in [0.1, 0.15) is 23.2 Å². The molecule has 1 atom stereocenters. The van der Waals surface area contributed by atoms with Gasteiger partial charge < -0.3 is 10.1 Å². The Labute approximate surface area is 144 Å². The fourth-order valence-corrected chi connectivity index (χ4v) is 2.19. The lowest BCUT2D eigenvalue weighted by Crippen LogP contribution is -2.35. The van der Waals surface area contributed by atoms with Crippen LogP contribution in [-0.4, -0.2) is 33.1 Å². The third kappa shape index (κ3) is 5.16. The first-order valence-electron chi connectivity index (χ1n) is 7.27. The Morgan fingerprint density at radius 3 is 2.42 bits per heavy atom. The third-order valence-corrected chi connectivity index (χ3v) is 3.45. The second kappa shape index (κ2) is 7.57. The Balaban J connectivity index is 2.30. The second-order valence-corrected chi connectivity index (χ2v) is 6.77. The van der Waals surface area contributed by atoms with Gasteiger partial charge in [0.15, 0.2) is 0 Å². The Bertz CT molecular complexity index is 687. The van der Waals surface area contributed by atoms with Crippen LogP contribution in [-0.2, 0) is 4.74 Å². The van der Waals surface area contributed by atoms with Gasteiger partial charge in [0, 0.05) is 0 Å².